The monoisotopic (exact) mass is 825 g/mol. The van der Waals surface area contributed by atoms with E-state index in [0.717, 1.165) is 5.39 Å². The van der Waals surface area contributed by atoms with Crippen LogP contribution < -0.4 is 0 Å². The first kappa shape index (κ1) is 44.7. The second-order valence-corrected chi connectivity index (χ2v) is 18.0. The summed E-state index contributed by atoms with van der Waals surface area (Å²) in [7, 11) is 5.22. The summed E-state index contributed by atoms with van der Waals surface area (Å²) in [5.74, 6) is -5.08. The van der Waals surface area contributed by atoms with E-state index < -0.39 is 83.4 Å². The summed E-state index contributed by atoms with van der Waals surface area (Å²) >= 11 is 0. The number of rotatable bonds is 8. The fourth-order valence-corrected chi connectivity index (χ4v) is 10.1. The number of aliphatic hydroxyl groups excluding tert-OH is 1. The number of cyclic esters (lactones) is 1. The van der Waals surface area contributed by atoms with Gasteiger partial charge in [0.1, 0.15) is 29.7 Å². The van der Waals surface area contributed by atoms with Gasteiger partial charge in [0.05, 0.1) is 47.8 Å². The van der Waals surface area contributed by atoms with Crippen LogP contribution in [0.1, 0.15) is 80.2 Å². The molecule has 0 spiro atoms. The predicted molar refractivity (Wildman–Crippen MR) is 215 cm³/mol. The number of Topliss-reactive ketones (excluding diaryl/α,β-unsaturated/α-hetero) is 2. The lowest BCUT2D eigenvalue weighted by Crippen LogP contribution is -2.65. The lowest BCUT2D eigenvalue weighted by molar-refractivity contribution is -0.295. The summed E-state index contributed by atoms with van der Waals surface area (Å²) in [6, 6.07) is 0.308. The van der Waals surface area contributed by atoms with E-state index in [4.69, 9.17) is 23.7 Å². The molecule has 0 saturated carbocycles. The van der Waals surface area contributed by atoms with Gasteiger partial charge in [0.25, 0.3) is 0 Å². The van der Waals surface area contributed by atoms with Gasteiger partial charge in [0.15, 0.2) is 17.7 Å². The second-order valence-electron chi connectivity index (χ2n) is 18.0. The van der Waals surface area contributed by atoms with Gasteiger partial charge in [-0.25, -0.2) is 4.79 Å². The van der Waals surface area contributed by atoms with Gasteiger partial charge in [-0.05, 0) is 67.1 Å². The number of carbonyl (C=O) groups excluding carboxylic acids is 4. The third-order valence-electron chi connectivity index (χ3n) is 13.6. The fraction of sp³-hybridized carbons (Fsp3) is 0.721. The summed E-state index contributed by atoms with van der Waals surface area (Å²) < 4.78 is 31.3. The minimum atomic E-state index is -1.45. The highest BCUT2D eigenvalue weighted by atomic mass is 16.7. The molecule has 4 aliphatic rings. The lowest BCUT2D eigenvalue weighted by Gasteiger charge is -2.48. The third kappa shape index (κ3) is 8.32. The molecular formula is C43H63N5O11. The molecule has 0 unspecified atom stereocenters. The number of esters is 1. The topological polar surface area (TPSA) is 190 Å². The maximum atomic E-state index is 14.8. The Balaban J connectivity index is 1.33. The number of likely N-dealkylation sites (tertiary alicyclic amines) is 1. The van der Waals surface area contributed by atoms with Crippen LogP contribution in [0.4, 0.5) is 4.79 Å². The molecule has 1 amide bonds. The minimum absolute atomic E-state index is 0.0553. The van der Waals surface area contributed by atoms with Gasteiger partial charge in [-0.1, -0.05) is 27.7 Å². The number of pyridine rings is 2. The number of carbonyl (C=O) groups is 4. The summed E-state index contributed by atoms with van der Waals surface area (Å²) in [6.45, 7) is 15.1. The Morgan fingerprint density at radius 2 is 1.71 bits per heavy atom. The molecule has 0 aromatic carbocycles. The zero-order chi connectivity index (χ0) is 43.3. The molecule has 6 heterocycles. The van der Waals surface area contributed by atoms with Gasteiger partial charge in [0, 0.05) is 67.7 Å². The normalized spacial score (nSPS) is 38.2. The number of fused-ring (bicyclic) bond motifs is 2. The van der Waals surface area contributed by atoms with E-state index in [0.29, 0.717) is 37.1 Å². The van der Waals surface area contributed by atoms with Crippen LogP contribution in [0.2, 0.25) is 0 Å². The number of hydrogen-bond acceptors (Lipinski definition) is 15. The van der Waals surface area contributed by atoms with E-state index in [1.54, 1.807) is 58.0 Å². The van der Waals surface area contributed by atoms with Crippen molar-refractivity contribution in [2.75, 3.05) is 34.3 Å². The first-order valence-corrected chi connectivity index (χ1v) is 20.9. The Morgan fingerprint density at radius 3 is 2.36 bits per heavy atom. The molecule has 0 bridgehead atoms. The number of likely N-dealkylation sites (N-methyl/N-ethyl adjacent to an activating group) is 1. The molecule has 0 aliphatic carbocycles. The minimum Gasteiger partial charge on any atom is -0.506 e. The number of ether oxygens (including phenoxy) is 5. The Bertz CT molecular complexity index is 1890. The number of aromatic hydroxyl groups is 1. The molecule has 2 aromatic heterocycles. The molecular weight excluding hydrogens is 762 g/mol. The number of aromatic nitrogens is 2. The molecule has 59 heavy (non-hydrogen) atoms. The van der Waals surface area contributed by atoms with Crippen molar-refractivity contribution in [2.24, 2.45) is 23.7 Å². The van der Waals surface area contributed by atoms with E-state index in [2.05, 4.69) is 14.9 Å². The molecule has 4 fully saturated rings. The Hall–Kier alpha value is -3.80. The molecule has 2 aromatic rings. The average molecular weight is 826 g/mol. The molecule has 13 atom stereocenters. The standard InChI is InChI=1S/C43H63N5O11/c1-12-33-43(8)37(48(41(54)59-43)27-19-47(20-27)21-29-28-13-14-44-17-30(28)45-18-32(29)49)24(4)34(50)22(2)16-42(7,55-11)38(25(5)35(51)26(6)39(53)57-33)58-40-36(52)31(46(9)10)15-23(3)56-40/h13-14,17-18,22-27,31,33,36-38,40,49,52H,12,15-16,19-21H2,1-11H3/t22-,23-,24+,25+,26-,31+,33-,36-,37-,38-,40+,42-,43-/m1/s1. The number of aliphatic hydroxyl groups is 1. The van der Waals surface area contributed by atoms with Crippen molar-refractivity contribution in [1.82, 2.24) is 24.7 Å². The highest BCUT2D eigenvalue weighted by Gasteiger charge is 2.62. The quantitative estimate of drug-likeness (QED) is 0.289. The van der Waals surface area contributed by atoms with E-state index in [1.165, 1.54) is 20.2 Å². The maximum absolute atomic E-state index is 14.8. The number of methoxy groups -OCH3 is 1. The van der Waals surface area contributed by atoms with Crippen LogP contribution in [-0.2, 0) is 44.6 Å². The molecule has 16 heteroatoms. The molecule has 4 saturated heterocycles. The highest BCUT2D eigenvalue weighted by Crippen LogP contribution is 2.45. The zero-order valence-corrected chi connectivity index (χ0v) is 36.3. The van der Waals surface area contributed by atoms with Crippen LogP contribution in [0.25, 0.3) is 10.9 Å². The van der Waals surface area contributed by atoms with Gasteiger partial charge in [-0.2, -0.15) is 0 Å². The van der Waals surface area contributed by atoms with Crippen molar-refractivity contribution in [1.29, 1.82) is 0 Å². The van der Waals surface area contributed by atoms with Crippen molar-refractivity contribution < 1.29 is 53.1 Å². The van der Waals surface area contributed by atoms with Crippen LogP contribution in [0.3, 0.4) is 0 Å². The largest absolute Gasteiger partial charge is 0.506 e. The average Bonchev–Trinajstić information content (AvgIpc) is 3.45. The molecule has 2 N–H and O–H groups in total. The van der Waals surface area contributed by atoms with Gasteiger partial charge < -0.3 is 38.8 Å². The zero-order valence-electron chi connectivity index (χ0n) is 36.3. The molecule has 4 aliphatic heterocycles. The third-order valence-corrected chi connectivity index (χ3v) is 13.6. The van der Waals surface area contributed by atoms with Crippen molar-refractivity contribution in [2.45, 2.75) is 141 Å². The molecule has 326 valence electrons. The molecule has 0 radical (unpaired) electrons. The van der Waals surface area contributed by atoms with Crippen molar-refractivity contribution >= 4 is 34.5 Å². The summed E-state index contributed by atoms with van der Waals surface area (Å²) in [5.41, 5.74) is -1.40. The van der Waals surface area contributed by atoms with Gasteiger partial charge in [0.2, 0.25) is 0 Å². The summed E-state index contributed by atoms with van der Waals surface area (Å²) in [4.78, 5) is 71.4. The second kappa shape index (κ2) is 17.3. The van der Waals surface area contributed by atoms with Crippen LogP contribution in [0, 0.1) is 23.7 Å². The first-order valence-electron chi connectivity index (χ1n) is 20.9. The number of ketones is 2. The van der Waals surface area contributed by atoms with Gasteiger partial charge in [-0.15, -0.1) is 0 Å². The van der Waals surface area contributed by atoms with Crippen molar-refractivity contribution in [3.05, 3.63) is 30.2 Å². The molecule has 6 rings (SSSR count). The van der Waals surface area contributed by atoms with Crippen LogP contribution in [0.15, 0.2) is 24.7 Å². The van der Waals surface area contributed by atoms with E-state index in [1.807, 2.05) is 32.8 Å². The molecule has 16 nitrogen and oxygen atoms in total. The maximum Gasteiger partial charge on any atom is 0.411 e. The summed E-state index contributed by atoms with van der Waals surface area (Å²) in [6.07, 6.45) is 0.438. The highest BCUT2D eigenvalue weighted by molar-refractivity contribution is 6.00. The Morgan fingerprint density at radius 1 is 1.02 bits per heavy atom. The van der Waals surface area contributed by atoms with Crippen LogP contribution in [-0.4, -0.2) is 153 Å². The Kier molecular flexibility index (Phi) is 13.1. The van der Waals surface area contributed by atoms with E-state index in [-0.39, 0.29) is 42.6 Å². The van der Waals surface area contributed by atoms with Crippen LogP contribution >= 0.6 is 0 Å². The Labute approximate surface area is 346 Å². The number of nitrogens with zero attached hydrogens (tertiary/aromatic N) is 5. The lowest BCUT2D eigenvalue weighted by atomic mass is 9.73. The van der Waals surface area contributed by atoms with Crippen molar-refractivity contribution in [3.8, 4) is 5.75 Å². The smallest absolute Gasteiger partial charge is 0.411 e. The summed E-state index contributed by atoms with van der Waals surface area (Å²) in [5, 5.41) is 23.0. The number of hydrogen-bond donors (Lipinski definition) is 2. The van der Waals surface area contributed by atoms with E-state index in [9.17, 15) is 29.4 Å². The van der Waals surface area contributed by atoms with Gasteiger partial charge >= 0.3 is 12.1 Å². The van der Waals surface area contributed by atoms with E-state index >= 15 is 0 Å². The predicted octanol–water partition coefficient (Wildman–Crippen LogP) is 3.72. The van der Waals surface area contributed by atoms with Crippen LogP contribution in [0.5, 0.6) is 5.75 Å². The first-order chi connectivity index (χ1) is 27.8. The SMILES string of the molecule is CC[C@H]1OC(=O)[C@H](C)C(=O)[C@H](C)[C@@H](O[C@@H]2O[C@H](C)C[C@H](N(C)C)[C@H]2O)[C@](C)(OC)C[C@@H](C)C(=O)[C@H](C)[C@H]2N(C3CN(Cc4c(O)cnc5cnccc45)C3)C(=O)O[C@]12C. The number of amides is 1. The van der Waals surface area contributed by atoms with Crippen molar-refractivity contribution in [3.63, 3.8) is 0 Å². The fourth-order valence-electron chi connectivity index (χ4n) is 10.1. The van der Waals surface area contributed by atoms with Gasteiger partial charge in [-0.3, -0.25) is 34.2 Å².